The van der Waals surface area contributed by atoms with E-state index in [0.717, 1.165) is 5.56 Å². The van der Waals surface area contributed by atoms with Crippen molar-refractivity contribution in [2.75, 3.05) is 0 Å². The smallest absolute Gasteiger partial charge is 0.323 e. The van der Waals surface area contributed by atoms with E-state index < -0.39 is 5.97 Å². The number of hydrogen-bond acceptors (Lipinski definition) is 3. The lowest BCUT2D eigenvalue weighted by atomic mass is 10.1. The summed E-state index contributed by atoms with van der Waals surface area (Å²) >= 11 is 0. The van der Waals surface area contributed by atoms with Gasteiger partial charge < -0.3 is 15.0 Å². The van der Waals surface area contributed by atoms with E-state index in [9.17, 15) is 9.18 Å². The summed E-state index contributed by atoms with van der Waals surface area (Å²) in [5.74, 6) is -0.564. The minimum Gasteiger partial charge on any atom is -0.480 e. The van der Waals surface area contributed by atoms with Crippen molar-refractivity contribution in [1.82, 2.24) is 14.9 Å². The topological polar surface area (TPSA) is 67.2 Å². The Bertz CT molecular complexity index is 610. The maximum atomic E-state index is 13.5. The van der Waals surface area contributed by atoms with Crippen LogP contribution in [-0.2, 0) is 24.4 Å². The van der Waals surface area contributed by atoms with Gasteiger partial charge in [-0.1, -0.05) is 17.7 Å². The van der Waals surface area contributed by atoms with Crippen LogP contribution in [0.3, 0.4) is 0 Å². The van der Waals surface area contributed by atoms with Gasteiger partial charge in [0.25, 0.3) is 0 Å². The predicted molar refractivity (Wildman–Crippen MR) is 71.5 cm³/mol. The van der Waals surface area contributed by atoms with E-state index in [2.05, 4.69) is 10.3 Å². The van der Waals surface area contributed by atoms with E-state index in [4.69, 9.17) is 5.11 Å². The molecule has 1 heterocycles. The number of aromatic nitrogens is 2. The van der Waals surface area contributed by atoms with Gasteiger partial charge in [0.2, 0.25) is 0 Å². The Kier molecular flexibility index (Phi) is 4.47. The first-order chi connectivity index (χ1) is 9.56. The number of halogens is 1. The van der Waals surface area contributed by atoms with E-state index in [0.29, 0.717) is 24.5 Å². The van der Waals surface area contributed by atoms with Crippen molar-refractivity contribution in [2.24, 2.45) is 0 Å². The third kappa shape index (κ3) is 3.64. The molecule has 1 aromatic carbocycles. The first kappa shape index (κ1) is 14.2. The summed E-state index contributed by atoms with van der Waals surface area (Å²) in [6.07, 6.45) is 3.16. The van der Waals surface area contributed by atoms with E-state index in [1.165, 1.54) is 6.07 Å². The summed E-state index contributed by atoms with van der Waals surface area (Å²) in [6.45, 7) is 2.53. The van der Waals surface area contributed by atoms with E-state index >= 15 is 0 Å². The Labute approximate surface area is 116 Å². The summed E-state index contributed by atoms with van der Waals surface area (Å²) < 4.78 is 15.1. The Morgan fingerprint density at radius 1 is 1.45 bits per heavy atom. The molecule has 2 aromatic rings. The summed E-state index contributed by atoms with van der Waals surface area (Å²) in [5, 5.41) is 11.8. The number of benzene rings is 1. The number of carbonyl (C=O) groups is 1. The molecule has 0 aliphatic heterocycles. The van der Waals surface area contributed by atoms with Gasteiger partial charge in [-0.3, -0.25) is 4.79 Å². The minimum absolute atomic E-state index is 0.129. The van der Waals surface area contributed by atoms with Crippen LogP contribution < -0.4 is 5.32 Å². The maximum absolute atomic E-state index is 13.5. The highest BCUT2D eigenvalue weighted by molar-refractivity contribution is 5.66. The van der Waals surface area contributed by atoms with Crippen molar-refractivity contribution < 1.29 is 14.3 Å². The zero-order valence-corrected chi connectivity index (χ0v) is 11.1. The molecule has 5 nitrogen and oxygen atoms in total. The Hall–Kier alpha value is -2.21. The molecule has 106 valence electrons. The SMILES string of the molecule is Cc1ccc(F)c(CNCc2nccn2CC(=O)O)c1. The molecule has 0 unspecified atom stereocenters. The number of rotatable bonds is 6. The molecule has 6 heteroatoms. The van der Waals surface area contributed by atoms with Gasteiger partial charge in [-0.25, -0.2) is 9.37 Å². The number of carboxylic acid groups (broad SMARTS) is 1. The highest BCUT2D eigenvalue weighted by Crippen LogP contribution is 2.09. The van der Waals surface area contributed by atoms with Crippen molar-refractivity contribution in [3.05, 3.63) is 53.4 Å². The summed E-state index contributed by atoms with van der Waals surface area (Å²) in [4.78, 5) is 14.8. The van der Waals surface area contributed by atoms with Crippen LogP contribution in [0.2, 0.25) is 0 Å². The van der Waals surface area contributed by atoms with Crippen LogP contribution in [0.15, 0.2) is 30.6 Å². The first-order valence-corrected chi connectivity index (χ1v) is 6.24. The number of nitrogens with one attached hydrogen (secondary N) is 1. The highest BCUT2D eigenvalue weighted by atomic mass is 19.1. The number of aryl methyl sites for hydroxylation is 1. The lowest BCUT2D eigenvalue weighted by Gasteiger charge is -2.08. The zero-order valence-electron chi connectivity index (χ0n) is 11.1. The molecule has 0 bridgehead atoms. The fourth-order valence-corrected chi connectivity index (χ4v) is 1.94. The molecule has 0 saturated carbocycles. The standard InChI is InChI=1S/C14H16FN3O2/c1-10-2-3-12(15)11(6-10)7-16-8-13-17-4-5-18(13)9-14(19)20/h2-6,16H,7-9H2,1H3,(H,19,20). The van der Waals surface area contributed by atoms with E-state index in [1.54, 1.807) is 29.1 Å². The van der Waals surface area contributed by atoms with Crippen molar-refractivity contribution >= 4 is 5.97 Å². The molecule has 0 atom stereocenters. The van der Waals surface area contributed by atoms with Gasteiger partial charge in [0, 0.05) is 24.5 Å². The Morgan fingerprint density at radius 3 is 3.00 bits per heavy atom. The first-order valence-electron chi connectivity index (χ1n) is 6.24. The lowest BCUT2D eigenvalue weighted by molar-refractivity contribution is -0.137. The zero-order chi connectivity index (χ0) is 14.5. The van der Waals surface area contributed by atoms with Crippen LogP contribution in [0.1, 0.15) is 17.0 Å². The molecule has 0 saturated heterocycles. The largest absolute Gasteiger partial charge is 0.480 e. The maximum Gasteiger partial charge on any atom is 0.323 e. The summed E-state index contributed by atoms with van der Waals surface area (Å²) in [7, 11) is 0. The summed E-state index contributed by atoms with van der Waals surface area (Å²) in [6, 6.07) is 4.95. The molecule has 0 radical (unpaired) electrons. The van der Waals surface area contributed by atoms with Crippen LogP contribution >= 0.6 is 0 Å². The molecular weight excluding hydrogens is 261 g/mol. The van der Waals surface area contributed by atoms with E-state index in [1.807, 2.05) is 6.92 Å². The molecule has 2 rings (SSSR count). The van der Waals surface area contributed by atoms with Crippen LogP contribution in [0, 0.1) is 12.7 Å². The van der Waals surface area contributed by atoms with Crippen LogP contribution in [-0.4, -0.2) is 20.6 Å². The molecule has 20 heavy (non-hydrogen) atoms. The Morgan fingerprint density at radius 2 is 2.25 bits per heavy atom. The van der Waals surface area contributed by atoms with Gasteiger partial charge in [-0.15, -0.1) is 0 Å². The number of carboxylic acids is 1. The number of aliphatic carboxylic acids is 1. The minimum atomic E-state index is -0.922. The molecule has 0 fully saturated rings. The fourth-order valence-electron chi connectivity index (χ4n) is 1.94. The van der Waals surface area contributed by atoms with Crippen LogP contribution in [0.5, 0.6) is 0 Å². The van der Waals surface area contributed by atoms with Crippen molar-refractivity contribution in [1.29, 1.82) is 0 Å². The highest BCUT2D eigenvalue weighted by Gasteiger charge is 2.07. The van der Waals surface area contributed by atoms with Gasteiger partial charge in [-0.2, -0.15) is 0 Å². The third-order valence-electron chi connectivity index (χ3n) is 2.91. The second kappa shape index (κ2) is 6.29. The van der Waals surface area contributed by atoms with Crippen molar-refractivity contribution in [3.8, 4) is 0 Å². The number of hydrogen-bond donors (Lipinski definition) is 2. The monoisotopic (exact) mass is 277 g/mol. The molecular formula is C14H16FN3O2. The second-order valence-electron chi connectivity index (χ2n) is 4.56. The van der Waals surface area contributed by atoms with Gasteiger partial charge in [0.1, 0.15) is 18.2 Å². The Balaban J connectivity index is 1.94. The average Bonchev–Trinajstić information content (AvgIpc) is 2.80. The average molecular weight is 277 g/mol. The third-order valence-corrected chi connectivity index (χ3v) is 2.91. The van der Waals surface area contributed by atoms with Crippen molar-refractivity contribution in [2.45, 2.75) is 26.6 Å². The second-order valence-corrected chi connectivity index (χ2v) is 4.56. The molecule has 0 amide bonds. The summed E-state index contributed by atoms with van der Waals surface area (Å²) in [5.41, 5.74) is 1.58. The van der Waals surface area contributed by atoms with Crippen LogP contribution in [0.4, 0.5) is 4.39 Å². The molecule has 2 N–H and O–H groups in total. The van der Waals surface area contributed by atoms with Gasteiger partial charge >= 0.3 is 5.97 Å². The van der Waals surface area contributed by atoms with E-state index in [-0.39, 0.29) is 12.4 Å². The molecule has 0 aliphatic carbocycles. The quantitative estimate of drug-likeness (QED) is 0.843. The fraction of sp³-hybridized carbons (Fsp3) is 0.286. The lowest BCUT2D eigenvalue weighted by Crippen LogP contribution is -2.19. The van der Waals surface area contributed by atoms with Crippen molar-refractivity contribution in [3.63, 3.8) is 0 Å². The normalized spacial score (nSPS) is 10.7. The number of nitrogens with zero attached hydrogens (tertiary/aromatic N) is 2. The molecule has 1 aromatic heterocycles. The van der Waals surface area contributed by atoms with Crippen LogP contribution in [0.25, 0.3) is 0 Å². The van der Waals surface area contributed by atoms with Gasteiger partial charge in [0.05, 0.1) is 6.54 Å². The molecule has 0 aliphatic rings. The van der Waals surface area contributed by atoms with Gasteiger partial charge in [0.15, 0.2) is 0 Å². The molecule has 0 spiro atoms. The van der Waals surface area contributed by atoms with Gasteiger partial charge in [-0.05, 0) is 13.0 Å². The number of imidazole rings is 1. The predicted octanol–water partition coefficient (Wildman–Crippen LogP) is 1.71.